The van der Waals surface area contributed by atoms with E-state index in [4.69, 9.17) is 14.6 Å². The average Bonchev–Trinajstić information content (AvgIpc) is 2.96. The number of Topliss-reactive ketones (excluding diaryl/α,β-unsaturated/α-hetero) is 1. The molecule has 0 fully saturated rings. The van der Waals surface area contributed by atoms with E-state index in [0.717, 1.165) is 28.2 Å². The van der Waals surface area contributed by atoms with E-state index in [1.54, 1.807) is 36.4 Å². The molecule has 0 aliphatic rings. The third-order valence-corrected chi connectivity index (χ3v) is 6.33. The summed E-state index contributed by atoms with van der Waals surface area (Å²) in [6, 6.07) is 20.2. The summed E-state index contributed by atoms with van der Waals surface area (Å²) in [6.45, 7) is 6.64. The van der Waals surface area contributed by atoms with Gasteiger partial charge in [-0.2, -0.15) is 0 Å². The van der Waals surface area contributed by atoms with Gasteiger partial charge in [-0.15, -0.1) is 0 Å². The van der Waals surface area contributed by atoms with Crippen molar-refractivity contribution in [3.05, 3.63) is 89.5 Å². The lowest BCUT2D eigenvalue weighted by Crippen LogP contribution is -2.14. The van der Waals surface area contributed by atoms with Gasteiger partial charge in [0.15, 0.2) is 17.3 Å². The van der Waals surface area contributed by atoms with E-state index in [2.05, 4.69) is 10.3 Å². The number of carbonyl (C=O) groups excluding carboxylic acids is 2. The number of benzene rings is 3. The van der Waals surface area contributed by atoms with E-state index in [1.165, 1.54) is 6.08 Å². The van der Waals surface area contributed by atoms with Crippen LogP contribution in [0.3, 0.4) is 0 Å². The number of aliphatic carboxylic acids is 1. The summed E-state index contributed by atoms with van der Waals surface area (Å²) >= 11 is 0. The zero-order valence-corrected chi connectivity index (χ0v) is 23.3. The number of ketones is 1. The van der Waals surface area contributed by atoms with Crippen molar-refractivity contribution in [3.8, 4) is 22.6 Å². The number of anilines is 1. The normalized spacial score (nSPS) is 11.0. The quantitative estimate of drug-likeness (QED) is 0.148. The fraction of sp³-hybridized carbons (Fsp3) is 0.212. The van der Waals surface area contributed by atoms with Crippen LogP contribution in [0.15, 0.2) is 72.8 Å². The van der Waals surface area contributed by atoms with Gasteiger partial charge in [-0.3, -0.25) is 9.59 Å². The summed E-state index contributed by atoms with van der Waals surface area (Å²) in [7, 11) is 0. The molecule has 0 aliphatic heterocycles. The molecule has 8 heteroatoms. The lowest BCUT2D eigenvalue weighted by Gasteiger charge is -2.13. The second-order valence-electron chi connectivity index (χ2n) is 9.37. The van der Waals surface area contributed by atoms with Crippen LogP contribution in [-0.2, 0) is 9.59 Å². The summed E-state index contributed by atoms with van der Waals surface area (Å²) in [5, 5.41) is 12.7. The van der Waals surface area contributed by atoms with Gasteiger partial charge in [0, 0.05) is 29.9 Å². The topological polar surface area (TPSA) is 115 Å². The number of rotatable bonds is 12. The van der Waals surface area contributed by atoms with E-state index in [-0.39, 0.29) is 24.5 Å². The van der Waals surface area contributed by atoms with Crippen molar-refractivity contribution in [3.63, 3.8) is 0 Å². The van der Waals surface area contributed by atoms with Gasteiger partial charge < -0.3 is 19.9 Å². The van der Waals surface area contributed by atoms with Gasteiger partial charge in [-0.25, -0.2) is 9.78 Å². The van der Waals surface area contributed by atoms with Crippen molar-refractivity contribution < 1.29 is 29.0 Å². The van der Waals surface area contributed by atoms with Crippen LogP contribution < -0.4 is 14.8 Å². The van der Waals surface area contributed by atoms with Crippen molar-refractivity contribution in [1.29, 1.82) is 0 Å². The molecule has 8 nitrogen and oxygen atoms in total. The molecule has 0 unspecified atom stereocenters. The molecule has 0 atom stereocenters. The highest BCUT2D eigenvalue weighted by Gasteiger charge is 2.15. The number of nitrogens with one attached hydrogen (secondary N) is 1. The van der Waals surface area contributed by atoms with Crippen LogP contribution in [0.25, 0.3) is 28.1 Å². The first-order valence-electron chi connectivity index (χ1n) is 13.4. The molecule has 0 radical (unpaired) electrons. The average molecular weight is 553 g/mol. The Morgan fingerprint density at radius 2 is 1.61 bits per heavy atom. The maximum atomic E-state index is 12.9. The van der Waals surface area contributed by atoms with Crippen molar-refractivity contribution >= 4 is 40.5 Å². The maximum absolute atomic E-state index is 12.9. The highest BCUT2D eigenvalue weighted by Crippen LogP contribution is 2.32. The molecule has 41 heavy (non-hydrogen) atoms. The van der Waals surface area contributed by atoms with E-state index < -0.39 is 5.97 Å². The van der Waals surface area contributed by atoms with Gasteiger partial charge in [0.25, 0.3) is 0 Å². The molecule has 0 saturated carbocycles. The highest BCUT2D eigenvalue weighted by molar-refractivity contribution is 6.02. The number of hydrogen-bond donors (Lipinski definition) is 2. The summed E-state index contributed by atoms with van der Waals surface area (Å²) in [5.41, 5.74) is 4.67. The Bertz CT molecular complexity index is 1610. The molecule has 0 aliphatic carbocycles. The van der Waals surface area contributed by atoms with Crippen LogP contribution in [0.4, 0.5) is 5.82 Å². The number of carboxylic acid groups (broad SMARTS) is 1. The fourth-order valence-electron chi connectivity index (χ4n) is 4.35. The Balaban J connectivity index is 1.55. The predicted octanol–water partition coefficient (Wildman–Crippen LogP) is 6.71. The van der Waals surface area contributed by atoms with Gasteiger partial charge >= 0.3 is 5.97 Å². The summed E-state index contributed by atoms with van der Waals surface area (Å²) in [6.07, 6.45) is 2.60. The number of nitrogens with zero attached hydrogens (tertiary/aromatic N) is 1. The molecule has 4 rings (SSSR count). The zero-order chi connectivity index (χ0) is 29.4. The Labute approximate surface area is 238 Å². The van der Waals surface area contributed by atoms with Crippen LogP contribution in [0.5, 0.6) is 11.5 Å². The monoisotopic (exact) mass is 552 g/mol. The number of hydrogen-bond acceptors (Lipinski definition) is 6. The first-order valence-corrected chi connectivity index (χ1v) is 13.4. The SMILES string of the molecule is CCOc1ccc(C(=O)CCC(=O)Nc2cc(-c3ccc(C)cc3)c3cc(C=CC(=O)O)ccc3n2)cc1OCC. The Morgan fingerprint density at radius 3 is 2.32 bits per heavy atom. The molecular formula is C33H32N2O6. The second-order valence-corrected chi connectivity index (χ2v) is 9.37. The zero-order valence-electron chi connectivity index (χ0n) is 23.3. The molecule has 1 aromatic heterocycles. The summed E-state index contributed by atoms with van der Waals surface area (Å²) in [4.78, 5) is 41.3. The minimum absolute atomic E-state index is 0.0169. The third-order valence-electron chi connectivity index (χ3n) is 6.33. The van der Waals surface area contributed by atoms with E-state index in [9.17, 15) is 14.4 Å². The number of carbonyl (C=O) groups is 3. The third kappa shape index (κ3) is 7.57. The lowest BCUT2D eigenvalue weighted by atomic mass is 9.98. The molecule has 210 valence electrons. The minimum Gasteiger partial charge on any atom is -0.490 e. The molecule has 1 heterocycles. The molecule has 0 saturated heterocycles. The van der Waals surface area contributed by atoms with Crippen molar-refractivity contribution in [2.75, 3.05) is 18.5 Å². The molecule has 0 bridgehead atoms. The van der Waals surface area contributed by atoms with Crippen molar-refractivity contribution in [1.82, 2.24) is 4.98 Å². The van der Waals surface area contributed by atoms with Crippen LogP contribution in [0, 0.1) is 6.92 Å². The minimum atomic E-state index is -1.03. The number of aryl methyl sites for hydroxylation is 1. The number of carboxylic acids is 1. The van der Waals surface area contributed by atoms with Gasteiger partial charge in [0.1, 0.15) is 5.82 Å². The second kappa shape index (κ2) is 13.4. The lowest BCUT2D eigenvalue weighted by molar-refractivity contribution is -0.131. The molecule has 0 spiro atoms. The Kier molecular flexibility index (Phi) is 9.47. The molecular weight excluding hydrogens is 520 g/mol. The molecule has 2 N–H and O–H groups in total. The summed E-state index contributed by atoms with van der Waals surface area (Å²) < 4.78 is 11.2. The molecule has 1 amide bonds. The number of aromatic nitrogens is 1. The maximum Gasteiger partial charge on any atom is 0.328 e. The number of amides is 1. The largest absolute Gasteiger partial charge is 0.490 e. The van der Waals surface area contributed by atoms with Crippen LogP contribution in [0.1, 0.15) is 48.2 Å². The van der Waals surface area contributed by atoms with Crippen LogP contribution in [-0.4, -0.2) is 41.0 Å². The van der Waals surface area contributed by atoms with Gasteiger partial charge in [-0.05, 0) is 79.9 Å². The van der Waals surface area contributed by atoms with E-state index in [1.807, 2.05) is 51.1 Å². The smallest absolute Gasteiger partial charge is 0.328 e. The number of fused-ring (bicyclic) bond motifs is 1. The predicted molar refractivity (Wildman–Crippen MR) is 160 cm³/mol. The van der Waals surface area contributed by atoms with Crippen molar-refractivity contribution in [2.45, 2.75) is 33.6 Å². The number of ether oxygens (including phenoxy) is 2. The standard InChI is InChI=1S/C33H32N2O6/c1-4-40-29-15-12-24(19-30(29)41-5-2)28(36)14-16-32(37)35-31-20-25(23-10-6-21(3)7-11-23)26-18-22(9-17-33(38)39)8-13-27(26)34-31/h6-13,15,17-20H,4-5,14,16H2,1-3H3,(H,38,39)(H,34,35,37). The summed E-state index contributed by atoms with van der Waals surface area (Å²) in [5.74, 6) is -0.125. The van der Waals surface area contributed by atoms with Gasteiger partial charge in [-0.1, -0.05) is 35.9 Å². The van der Waals surface area contributed by atoms with Gasteiger partial charge in [0.05, 0.1) is 18.7 Å². The first-order chi connectivity index (χ1) is 19.8. The Hall–Kier alpha value is -4.98. The van der Waals surface area contributed by atoms with E-state index >= 15 is 0 Å². The first kappa shape index (κ1) is 29.0. The van der Waals surface area contributed by atoms with Crippen LogP contribution >= 0.6 is 0 Å². The molecule has 3 aromatic carbocycles. The van der Waals surface area contributed by atoms with Crippen LogP contribution in [0.2, 0.25) is 0 Å². The highest BCUT2D eigenvalue weighted by atomic mass is 16.5. The molecule has 4 aromatic rings. The number of pyridine rings is 1. The fourth-order valence-corrected chi connectivity index (χ4v) is 4.35. The van der Waals surface area contributed by atoms with E-state index in [0.29, 0.717) is 47.2 Å². The Morgan fingerprint density at radius 1 is 0.878 bits per heavy atom. The van der Waals surface area contributed by atoms with Gasteiger partial charge in [0.2, 0.25) is 5.91 Å². The van der Waals surface area contributed by atoms with Crippen molar-refractivity contribution in [2.24, 2.45) is 0 Å².